The van der Waals surface area contributed by atoms with E-state index in [4.69, 9.17) is 0 Å². The van der Waals surface area contributed by atoms with Crippen molar-refractivity contribution in [2.75, 3.05) is 0 Å². The van der Waals surface area contributed by atoms with Gasteiger partial charge in [-0.05, 0) is 78.5 Å². The molecule has 0 unspecified atom stereocenters. The number of hydrogen-bond acceptors (Lipinski definition) is 0. The van der Waals surface area contributed by atoms with Gasteiger partial charge in [0.15, 0.2) is 6.20 Å². The summed E-state index contributed by atoms with van der Waals surface area (Å²) >= 11 is 0. The number of fused-ring (bicyclic) bond motifs is 3. The van der Waals surface area contributed by atoms with Gasteiger partial charge in [-0.2, -0.15) is 0 Å². The maximum atomic E-state index is 2.45. The molecule has 1 aliphatic rings. The van der Waals surface area contributed by atoms with E-state index in [1.165, 1.54) is 55.8 Å². The van der Waals surface area contributed by atoms with Crippen molar-refractivity contribution in [3.8, 4) is 22.4 Å². The molecule has 0 N–H and O–H groups in total. The Kier molecular flexibility index (Phi) is 4.42. The molecule has 0 spiro atoms. The summed E-state index contributed by atoms with van der Waals surface area (Å²) in [6.07, 6.45) is 4.44. The van der Waals surface area contributed by atoms with Crippen LogP contribution < -0.4 is 4.57 Å². The summed E-state index contributed by atoms with van der Waals surface area (Å²) in [6, 6.07) is 13.8. The van der Waals surface area contributed by atoms with E-state index in [1.54, 1.807) is 0 Å². The summed E-state index contributed by atoms with van der Waals surface area (Å²) in [5, 5.41) is 0. The monoisotopic (exact) mass is 356 g/mol. The maximum Gasteiger partial charge on any atom is 0.213 e. The molecule has 27 heavy (non-hydrogen) atoms. The number of nitrogens with zero attached hydrogens (tertiary/aromatic N) is 1. The molecule has 4 rings (SSSR count). The summed E-state index contributed by atoms with van der Waals surface area (Å²) in [7, 11) is 2.18. The van der Waals surface area contributed by atoms with Crippen LogP contribution in [0.15, 0.2) is 42.6 Å². The lowest BCUT2D eigenvalue weighted by molar-refractivity contribution is -0.660. The maximum absolute atomic E-state index is 2.45. The van der Waals surface area contributed by atoms with Gasteiger partial charge < -0.3 is 0 Å². The van der Waals surface area contributed by atoms with Gasteiger partial charge in [0.05, 0.1) is 5.56 Å². The summed E-state index contributed by atoms with van der Waals surface area (Å²) in [5.74, 6) is 0.657. The molecule has 1 aliphatic carbocycles. The first-order valence-electron chi connectivity index (χ1n) is 10.1. The van der Waals surface area contributed by atoms with Crippen LogP contribution in [0.2, 0.25) is 0 Å². The van der Waals surface area contributed by atoms with E-state index >= 15 is 0 Å². The van der Waals surface area contributed by atoms with E-state index in [9.17, 15) is 0 Å². The normalized spacial score (nSPS) is 12.4. The summed E-state index contributed by atoms with van der Waals surface area (Å²) in [4.78, 5) is 0. The van der Waals surface area contributed by atoms with Crippen LogP contribution >= 0.6 is 0 Å². The van der Waals surface area contributed by atoms with Crippen molar-refractivity contribution in [1.29, 1.82) is 0 Å². The van der Waals surface area contributed by atoms with Crippen LogP contribution in [0.4, 0.5) is 0 Å². The van der Waals surface area contributed by atoms with Crippen LogP contribution in [0.3, 0.4) is 0 Å². The molecule has 0 saturated carbocycles. The molecule has 0 aliphatic heterocycles. The van der Waals surface area contributed by atoms with E-state index in [1.807, 2.05) is 0 Å². The molecule has 0 bridgehead atoms. The number of pyridine rings is 1. The third-order valence-electron chi connectivity index (χ3n) is 5.99. The van der Waals surface area contributed by atoms with Crippen LogP contribution in [0.25, 0.3) is 22.4 Å². The molecule has 1 nitrogen and oxygen atoms in total. The smallest absolute Gasteiger partial charge is 0.201 e. The van der Waals surface area contributed by atoms with Crippen LogP contribution in [0.5, 0.6) is 0 Å². The number of benzene rings is 2. The molecule has 2 aromatic carbocycles. The van der Waals surface area contributed by atoms with Crippen molar-refractivity contribution in [3.05, 3.63) is 76.0 Å². The third-order valence-corrected chi connectivity index (χ3v) is 5.99. The lowest BCUT2D eigenvalue weighted by atomic mass is 9.86. The largest absolute Gasteiger partial charge is 0.213 e. The molecule has 0 saturated heterocycles. The first-order valence-corrected chi connectivity index (χ1v) is 10.1. The van der Waals surface area contributed by atoms with Crippen LogP contribution in [0, 0.1) is 26.7 Å². The minimum absolute atomic E-state index is 0.657. The lowest BCUT2D eigenvalue weighted by Gasteiger charge is -2.18. The average Bonchev–Trinajstić information content (AvgIpc) is 2.98. The molecule has 1 aromatic heterocycles. The fraction of sp³-hybridized carbons (Fsp3) is 0.346. The molecule has 138 valence electrons. The highest BCUT2D eigenvalue weighted by Crippen LogP contribution is 2.45. The zero-order valence-electron chi connectivity index (χ0n) is 17.5. The fourth-order valence-corrected chi connectivity index (χ4v) is 4.67. The number of rotatable bonds is 3. The molecule has 3 aromatic rings. The highest BCUT2D eigenvalue weighted by Gasteiger charge is 2.29. The van der Waals surface area contributed by atoms with Gasteiger partial charge in [-0.25, -0.2) is 4.57 Å². The van der Waals surface area contributed by atoms with Gasteiger partial charge in [-0.15, -0.1) is 0 Å². The van der Waals surface area contributed by atoms with Gasteiger partial charge in [0.2, 0.25) is 5.69 Å². The van der Waals surface area contributed by atoms with E-state index in [2.05, 4.69) is 88.8 Å². The first kappa shape index (κ1) is 18.0. The standard InChI is InChI=1S/C26H30N/c1-16(2)11-21-12-18(4)25(24-13-17(3)19(5)15-27(24)6)23-14-20-9-7-8-10-22(20)26(21)23/h7-10,12-13,15-16H,11,14H2,1-6H3/q+1. The Labute approximate surface area is 163 Å². The first-order chi connectivity index (χ1) is 12.9. The zero-order valence-corrected chi connectivity index (χ0v) is 17.5. The van der Waals surface area contributed by atoms with Crippen molar-refractivity contribution in [3.63, 3.8) is 0 Å². The van der Waals surface area contributed by atoms with E-state index < -0.39 is 0 Å². The lowest BCUT2D eigenvalue weighted by Crippen LogP contribution is -2.32. The van der Waals surface area contributed by atoms with Crippen molar-refractivity contribution in [2.24, 2.45) is 13.0 Å². The minimum Gasteiger partial charge on any atom is -0.201 e. The van der Waals surface area contributed by atoms with Crippen molar-refractivity contribution >= 4 is 0 Å². The van der Waals surface area contributed by atoms with Gasteiger partial charge in [-0.3, -0.25) is 0 Å². The van der Waals surface area contributed by atoms with Gasteiger partial charge in [-0.1, -0.05) is 44.2 Å². The average molecular weight is 357 g/mol. The van der Waals surface area contributed by atoms with Gasteiger partial charge >= 0.3 is 0 Å². The predicted molar refractivity (Wildman–Crippen MR) is 114 cm³/mol. The van der Waals surface area contributed by atoms with E-state index in [0.29, 0.717) is 5.92 Å². The molecular weight excluding hydrogens is 326 g/mol. The van der Waals surface area contributed by atoms with Gasteiger partial charge in [0.1, 0.15) is 7.05 Å². The van der Waals surface area contributed by atoms with Gasteiger partial charge in [0.25, 0.3) is 0 Å². The highest BCUT2D eigenvalue weighted by atomic mass is 14.9. The molecule has 0 fully saturated rings. The fourth-order valence-electron chi connectivity index (χ4n) is 4.67. The Morgan fingerprint density at radius 3 is 2.41 bits per heavy atom. The molecule has 0 amide bonds. The topological polar surface area (TPSA) is 3.88 Å². The third kappa shape index (κ3) is 3.00. The van der Waals surface area contributed by atoms with Crippen molar-refractivity contribution in [2.45, 2.75) is 47.5 Å². The molecule has 0 atom stereocenters. The zero-order chi connectivity index (χ0) is 19.3. The Balaban J connectivity index is 2.03. The van der Waals surface area contributed by atoms with E-state index in [0.717, 1.165) is 12.8 Å². The molecular formula is C26H30N+. The van der Waals surface area contributed by atoms with E-state index in [-0.39, 0.29) is 0 Å². The number of aromatic nitrogens is 1. The van der Waals surface area contributed by atoms with Crippen molar-refractivity contribution < 1.29 is 4.57 Å². The Hall–Kier alpha value is -2.41. The second-order valence-electron chi connectivity index (χ2n) is 8.65. The SMILES string of the molecule is Cc1cc(-c2c(C)cc(CC(C)C)c3c2Cc2ccccc2-3)[n+](C)cc1C. The predicted octanol–water partition coefficient (Wildman–Crippen LogP) is 5.87. The summed E-state index contributed by atoms with van der Waals surface area (Å²) in [5.41, 5.74) is 14.3. The quantitative estimate of drug-likeness (QED) is 0.404. The number of aryl methyl sites for hydroxylation is 4. The second kappa shape index (κ2) is 6.64. The van der Waals surface area contributed by atoms with Gasteiger partial charge in [0, 0.05) is 11.6 Å². The summed E-state index contributed by atoms with van der Waals surface area (Å²) in [6.45, 7) is 11.3. The molecule has 1 heteroatoms. The van der Waals surface area contributed by atoms with Crippen LogP contribution in [-0.4, -0.2) is 0 Å². The Morgan fingerprint density at radius 1 is 0.926 bits per heavy atom. The second-order valence-corrected chi connectivity index (χ2v) is 8.65. The minimum atomic E-state index is 0.657. The molecule has 0 radical (unpaired) electrons. The highest BCUT2D eigenvalue weighted by molar-refractivity contribution is 5.87. The van der Waals surface area contributed by atoms with Crippen LogP contribution in [0.1, 0.15) is 47.2 Å². The van der Waals surface area contributed by atoms with Crippen molar-refractivity contribution in [1.82, 2.24) is 0 Å². The Bertz CT molecular complexity index is 1040. The summed E-state index contributed by atoms with van der Waals surface area (Å²) < 4.78 is 2.30. The number of hydrogen-bond donors (Lipinski definition) is 0. The van der Waals surface area contributed by atoms with Crippen LogP contribution in [-0.2, 0) is 19.9 Å². The molecule has 1 heterocycles. The Morgan fingerprint density at radius 2 is 1.67 bits per heavy atom.